The highest BCUT2D eigenvalue weighted by atomic mass is 79.9. The summed E-state index contributed by atoms with van der Waals surface area (Å²) in [6, 6.07) is 6.84. The summed E-state index contributed by atoms with van der Waals surface area (Å²) in [4.78, 5) is 0. The molecule has 0 aliphatic heterocycles. The van der Waals surface area contributed by atoms with Crippen molar-refractivity contribution in [3.63, 3.8) is 0 Å². The highest BCUT2D eigenvalue weighted by Crippen LogP contribution is 2.35. The number of rotatable bonds is 5. The van der Waals surface area contributed by atoms with E-state index in [4.69, 9.17) is 4.74 Å². The second-order valence-electron chi connectivity index (χ2n) is 4.53. The van der Waals surface area contributed by atoms with E-state index in [2.05, 4.69) is 46.4 Å². The highest BCUT2D eigenvalue weighted by molar-refractivity contribution is 9.10. The molecule has 1 atom stereocenters. The Labute approximate surface area is 106 Å². The van der Waals surface area contributed by atoms with Crippen LogP contribution in [-0.2, 0) is 4.74 Å². The van der Waals surface area contributed by atoms with Crippen LogP contribution in [0.15, 0.2) is 22.7 Å². The quantitative estimate of drug-likeness (QED) is 0.892. The molecule has 0 heterocycles. The van der Waals surface area contributed by atoms with Gasteiger partial charge in [-0.05, 0) is 59.3 Å². The molecule has 1 saturated carbocycles. The van der Waals surface area contributed by atoms with Gasteiger partial charge in [0.15, 0.2) is 0 Å². The molecule has 1 aliphatic carbocycles. The molecule has 1 aromatic carbocycles. The molecule has 2 rings (SSSR count). The van der Waals surface area contributed by atoms with Crippen molar-refractivity contribution in [2.24, 2.45) is 5.92 Å². The van der Waals surface area contributed by atoms with E-state index in [1.807, 2.05) is 0 Å². The number of hydrogen-bond acceptors (Lipinski definition) is 2. The van der Waals surface area contributed by atoms with Gasteiger partial charge in [0.25, 0.3) is 0 Å². The molecule has 1 fully saturated rings. The molecule has 0 spiro atoms. The van der Waals surface area contributed by atoms with Crippen molar-refractivity contribution in [1.82, 2.24) is 0 Å². The summed E-state index contributed by atoms with van der Waals surface area (Å²) in [6.45, 7) is 2.88. The number of anilines is 1. The first kappa shape index (κ1) is 11.9. The lowest BCUT2D eigenvalue weighted by molar-refractivity contribution is 0.179. The third-order valence-electron chi connectivity index (χ3n) is 3.00. The van der Waals surface area contributed by atoms with E-state index >= 15 is 0 Å². The predicted octanol–water partition coefficient (Wildman–Crippen LogP) is 3.59. The number of nitrogens with one attached hydrogen (secondary N) is 1. The van der Waals surface area contributed by atoms with Gasteiger partial charge in [-0.1, -0.05) is 6.07 Å². The number of benzene rings is 1. The van der Waals surface area contributed by atoms with Crippen LogP contribution >= 0.6 is 15.9 Å². The summed E-state index contributed by atoms with van der Waals surface area (Å²) in [6.07, 6.45) is 2.65. The Morgan fingerprint density at radius 2 is 2.25 bits per heavy atom. The fourth-order valence-corrected chi connectivity index (χ4v) is 2.52. The van der Waals surface area contributed by atoms with E-state index in [9.17, 15) is 0 Å². The molecule has 0 aromatic heterocycles. The minimum Gasteiger partial charge on any atom is -0.383 e. The predicted molar refractivity (Wildman–Crippen MR) is 70.9 cm³/mol. The molecular formula is C13H18BrNO. The van der Waals surface area contributed by atoms with E-state index < -0.39 is 0 Å². The van der Waals surface area contributed by atoms with Gasteiger partial charge in [0.1, 0.15) is 0 Å². The Balaban J connectivity index is 2.05. The highest BCUT2D eigenvalue weighted by Gasteiger charge is 2.31. The average molecular weight is 284 g/mol. The van der Waals surface area contributed by atoms with Crippen molar-refractivity contribution in [3.05, 3.63) is 28.2 Å². The third-order valence-corrected chi connectivity index (χ3v) is 3.66. The van der Waals surface area contributed by atoms with Crippen LogP contribution in [0.2, 0.25) is 0 Å². The summed E-state index contributed by atoms with van der Waals surface area (Å²) in [5, 5.41) is 3.57. The Kier molecular flexibility index (Phi) is 3.87. The van der Waals surface area contributed by atoms with Gasteiger partial charge in [-0.3, -0.25) is 0 Å². The van der Waals surface area contributed by atoms with Gasteiger partial charge in [0.05, 0.1) is 12.6 Å². The van der Waals surface area contributed by atoms with Crippen molar-refractivity contribution in [3.8, 4) is 0 Å². The molecule has 88 valence electrons. The van der Waals surface area contributed by atoms with Crippen LogP contribution in [0.3, 0.4) is 0 Å². The zero-order valence-corrected chi connectivity index (χ0v) is 11.4. The van der Waals surface area contributed by atoms with Crippen molar-refractivity contribution in [1.29, 1.82) is 0 Å². The number of hydrogen-bond donors (Lipinski definition) is 1. The van der Waals surface area contributed by atoms with E-state index in [-0.39, 0.29) is 0 Å². The SMILES string of the molecule is COCC(Nc1ccc(C)cc1Br)C1CC1. The van der Waals surface area contributed by atoms with E-state index in [1.54, 1.807) is 7.11 Å². The standard InChI is InChI=1S/C13H18BrNO/c1-9-3-6-12(11(14)7-9)15-13(8-16-2)10-4-5-10/h3,6-7,10,13,15H,4-5,8H2,1-2H3. The number of aryl methyl sites for hydroxylation is 1. The molecule has 3 heteroatoms. The number of halogens is 1. The van der Waals surface area contributed by atoms with E-state index in [0.29, 0.717) is 6.04 Å². The Morgan fingerprint density at radius 3 is 2.81 bits per heavy atom. The third kappa shape index (κ3) is 2.98. The number of ether oxygens (including phenoxy) is 1. The van der Waals surface area contributed by atoms with Crippen LogP contribution in [0.5, 0.6) is 0 Å². The first-order valence-corrected chi connectivity index (χ1v) is 6.51. The number of methoxy groups -OCH3 is 1. The van der Waals surface area contributed by atoms with Crippen LogP contribution in [0, 0.1) is 12.8 Å². The first-order valence-electron chi connectivity index (χ1n) is 5.72. The van der Waals surface area contributed by atoms with Crippen LogP contribution in [0.25, 0.3) is 0 Å². The van der Waals surface area contributed by atoms with Gasteiger partial charge in [0, 0.05) is 17.3 Å². The molecule has 1 aliphatic rings. The molecule has 0 radical (unpaired) electrons. The molecule has 16 heavy (non-hydrogen) atoms. The molecule has 2 nitrogen and oxygen atoms in total. The summed E-state index contributed by atoms with van der Waals surface area (Å²) in [5.41, 5.74) is 2.44. The molecular weight excluding hydrogens is 266 g/mol. The summed E-state index contributed by atoms with van der Waals surface area (Å²) in [7, 11) is 1.77. The molecule has 0 saturated heterocycles. The minimum atomic E-state index is 0.448. The normalized spacial score (nSPS) is 17.2. The maximum Gasteiger partial charge on any atom is 0.0666 e. The van der Waals surface area contributed by atoms with Gasteiger partial charge >= 0.3 is 0 Å². The maximum atomic E-state index is 5.26. The molecule has 0 bridgehead atoms. The lowest BCUT2D eigenvalue weighted by Crippen LogP contribution is -2.27. The van der Waals surface area contributed by atoms with Gasteiger partial charge in [-0.2, -0.15) is 0 Å². The summed E-state index contributed by atoms with van der Waals surface area (Å²) in [5.74, 6) is 0.785. The maximum absolute atomic E-state index is 5.26. The summed E-state index contributed by atoms with van der Waals surface area (Å²) < 4.78 is 6.40. The largest absolute Gasteiger partial charge is 0.383 e. The Bertz CT molecular complexity index is 363. The fraction of sp³-hybridized carbons (Fsp3) is 0.538. The summed E-state index contributed by atoms with van der Waals surface area (Å²) >= 11 is 3.59. The van der Waals surface area contributed by atoms with Crippen LogP contribution in [0.1, 0.15) is 18.4 Å². The van der Waals surface area contributed by atoms with Crippen molar-refractivity contribution in [2.45, 2.75) is 25.8 Å². The minimum absolute atomic E-state index is 0.448. The Morgan fingerprint density at radius 1 is 1.50 bits per heavy atom. The topological polar surface area (TPSA) is 21.3 Å². The molecule has 1 N–H and O–H groups in total. The van der Waals surface area contributed by atoms with Crippen LogP contribution in [0.4, 0.5) is 5.69 Å². The van der Waals surface area contributed by atoms with Gasteiger partial charge < -0.3 is 10.1 Å². The lowest BCUT2D eigenvalue weighted by atomic mass is 10.1. The van der Waals surface area contributed by atoms with Crippen LogP contribution < -0.4 is 5.32 Å². The smallest absolute Gasteiger partial charge is 0.0666 e. The zero-order chi connectivity index (χ0) is 11.5. The van der Waals surface area contributed by atoms with Gasteiger partial charge in [0.2, 0.25) is 0 Å². The average Bonchev–Trinajstić information content (AvgIpc) is 3.04. The second-order valence-corrected chi connectivity index (χ2v) is 5.38. The fourth-order valence-electron chi connectivity index (χ4n) is 1.91. The van der Waals surface area contributed by atoms with E-state index in [1.165, 1.54) is 24.1 Å². The van der Waals surface area contributed by atoms with Crippen LogP contribution in [-0.4, -0.2) is 19.8 Å². The van der Waals surface area contributed by atoms with Gasteiger partial charge in [-0.25, -0.2) is 0 Å². The molecule has 1 unspecified atom stereocenters. The van der Waals surface area contributed by atoms with Crippen molar-refractivity contribution in [2.75, 3.05) is 19.0 Å². The van der Waals surface area contributed by atoms with Crippen molar-refractivity contribution < 1.29 is 4.74 Å². The first-order chi connectivity index (χ1) is 7.70. The Hall–Kier alpha value is -0.540. The van der Waals surface area contributed by atoms with E-state index in [0.717, 1.165) is 17.0 Å². The molecule has 0 amide bonds. The monoisotopic (exact) mass is 283 g/mol. The zero-order valence-electron chi connectivity index (χ0n) is 9.79. The molecule has 1 aromatic rings. The van der Waals surface area contributed by atoms with Gasteiger partial charge in [-0.15, -0.1) is 0 Å². The lowest BCUT2D eigenvalue weighted by Gasteiger charge is -2.19. The second kappa shape index (κ2) is 5.19. The van der Waals surface area contributed by atoms with Crippen molar-refractivity contribution >= 4 is 21.6 Å².